The van der Waals surface area contributed by atoms with Crippen LogP contribution in [0.4, 0.5) is 0 Å². The quantitative estimate of drug-likeness (QED) is 0.834. The standard InChI is InChI=1S/C14H19NO2/c16-13-8-6-12(7-9-13)15-14(17)10-11-4-2-1-3-5-11/h1-5,12-13,16H,6-10H2,(H,15,17). The van der Waals surface area contributed by atoms with Crippen LogP contribution >= 0.6 is 0 Å². The summed E-state index contributed by atoms with van der Waals surface area (Å²) in [7, 11) is 0. The highest BCUT2D eigenvalue weighted by atomic mass is 16.3. The molecule has 0 saturated heterocycles. The number of rotatable bonds is 3. The van der Waals surface area contributed by atoms with Crippen molar-refractivity contribution in [1.82, 2.24) is 5.32 Å². The first-order chi connectivity index (χ1) is 8.24. The number of carbonyl (C=O) groups is 1. The van der Waals surface area contributed by atoms with Crippen molar-refractivity contribution >= 4 is 5.91 Å². The molecule has 17 heavy (non-hydrogen) atoms. The van der Waals surface area contributed by atoms with Crippen LogP contribution in [-0.4, -0.2) is 23.2 Å². The zero-order valence-corrected chi connectivity index (χ0v) is 9.93. The highest BCUT2D eigenvalue weighted by Crippen LogP contribution is 2.18. The third-order valence-electron chi connectivity index (χ3n) is 3.27. The van der Waals surface area contributed by atoms with Crippen LogP contribution in [0, 0.1) is 0 Å². The summed E-state index contributed by atoms with van der Waals surface area (Å²) in [6.07, 6.45) is 3.66. The Morgan fingerprint density at radius 3 is 2.47 bits per heavy atom. The lowest BCUT2D eigenvalue weighted by Gasteiger charge is -2.26. The second-order valence-corrected chi connectivity index (χ2v) is 4.74. The van der Waals surface area contributed by atoms with Crippen molar-refractivity contribution in [2.45, 2.75) is 44.2 Å². The van der Waals surface area contributed by atoms with Crippen LogP contribution in [-0.2, 0) is 11.2 Å². The molecule has 1 aliphatic carbocycles. The normalized spacial score (nSPS) is 24.3. The Bertz CT molecular complexity index is 356. The lowest BCUT2D eigenvalue weighted by Crippen LogP contribution is -2.39. The fourth-order valence-corrected chi connectivity index (χ4v) is 2.28. The number of aliphatic hydroxyl groups excluding tert-OH is 1. The summed E-state index contributed by atoms with van der Waals surface area (Å²) in [6.45, 7) is 0. The van der Waals surface area contributed by atoms with Gasteiger partial charge in [-0.15, -0.1) is 0 Å². The molecule has 0 unspecified atom stereocenters. The van der Waals surface area contributed by atoms with Crippen LogP contribution in [0.3, 0.4) is 0 Å². The lowest BCUT2D eigenvalue weighted by molar-refractivity contribution is -0.121. The smallest absolute Gasteiger partial charge is 0.224 e. The van der Waals surface area contributed by atoms with Crippen molar-refractivity contribution in [3.8, 4) is 0 Å². The molecule has 0 spiro atoms. The van der Waals surface area contributed by atoms with Gasteiger partial charge in [0.25, 0.3) is 0 Å². The molecular formula is C14H19NO2. The molecule has 0 radical (unpaired) electrons. The molecule has 0 heterocycles. The molecule has 1 amide bonds. The van der Waals surface area contributed by atoms with E-state index in [0.29, 0.717) is 6.42 Å². The van der Waals surface area contributed by atoms with Gasteiger partial charge in [0.1, 0.15) is 0 Å². The van der Waals surface area contributed by atoms with Crippen molar-refractivity contribution in [2.75, 3.05) is 0 Å². The average Bonchev–Trinajstić information content (AvgIpc) is 2.33. The first-order valence-corrected chi connectivity index (χ1v) is 6.25. The lowest BCUT2D eigenvalue weighted by atomic mass is 9.93. The topological polar surface area (TPSA) is 49.3 Å². The Labute approximate surface area is 102 Å². The van der Waals surface area contributed by atoms with Crippen LogP contribution in [0.5, 0.6) is 0 Å². The van der Waals surface area contributed by atoms with Crippen LogP contribution in [0.25, 0.3) is 0 Å². The largest absolute Gasteiger partial charge is 0.393 e. The van der Waals surface area contributed by atoms with Crippen LogP contribution < -0.4 is 5.32 Å². The minimum Gasteiger partial charge on any atom is -0.393 e. The number of amides is 1. The van der Waals surface area contributed by atoms with E-state index in [1.807, 2.05) is 30.3 Å². The van der Waals surface area contributed by atoms with E-state index in [1.54, 1.807) is 0 Å². The Morgan fingerprint density at radius 2 is 1.82 bits per heavy atom. The number of hydrogen-bond donors (Lipinski definition) is 2. The number of hydrogen-bond acceptors (Lipinski definition) is 2. The van der Waals surface area contributed by atoms with Crippen LogP contribution in [0.15, 0.2) is 30.3 Å². The third-order valence-corrected chi connectivity index (χ3v) is 3.27. The average molecular weight is 233 g/mol. The van der Waals surface area contributed by atoms with E-state index in [9.17, 15) is 9.90 Å². The zero-order valence-electron chi connectivity index (χ0n) is 9.93. The van der Waals surface area contributed by atoms with Gasteiger partial charge >= 0.3 is 0 Å². The van der Waals surface area contributed by atoms with Gasteiger partial charge in [0.05, 0.1) is 12.5 Å². The highest BCUT2D eigenvalue weighted by Gasteiger charge is 2.20. The molecule has 3 nitrogen and oxygen atoms in total. The fraction of sp³-hybridized carbons (Fsp3) is 0.500. The van der Waals surface area contributed by atoms with Gasteiger partial charge in [0.2, 0.25) is 5.91 Å². The molecule has 0 aromatic heterocycles. The molecule has 0 bridgehead atoms. The van der Waals surface area contributed by atoms with Crippen molar-refractivity contribution in [3.05, 3.63) is 35.9 Å². The van der Waals surface area contributed by atoms with Crippen molar-refractivity contribution in [3.63, 3.8) is 0 Å². The van der Waals surface area contributed by atoms with Crippen LogP contribution in [0.2, 0.25) is 0 Å². The molecule has 0 atom stereocenters. The van der Waals surface area contributed by atoms with E-state index >= 15 is 0 Å². The van der Waals surface area contributed by atoms with E-state index in [4.69, 9.17) is 0 Å². The van der Waals surface area contributed by atoms with E-state index in [1.165, 1.54) is 0 Å². The van der Waals surface area contributed by atoms with Gasteiger partial charge in [0.15, 0.2) is 0 Å². The SMILES string of the molecule is O=C(Cc1ccccc1)NC1CCC(O)CC1. The Balaban J connectivity index is 1.78. The first kappa shape index (κ1) is 12.1. The van der Waals surface area contributed by atoms with Gasteiger partial charge in [0, 0.05) is 6.04 Å². The van der Waals surface area contributed by atoms with Crippen molar-refractivity contribution in [1.29, 1.82) is 0 Å². The van der Waals surface area contributed by atoms with Gasteiger partial charge < -0.3 is 10.4 Å². The highest BCUT2D eigenvalue weighted by molar-refractivity contribution is 5.78. The van der Waals surface area contributed by atoms with Gasteiger partial charge in [-0.1, -0.05) is 30.3 Å². The van der Waals surface area contributed by atoms with Crippen molar-refractivity contribution in [2.24, 2.45) is 0 Å². The third kappa shape index (κ3) is 3.86. The summed E-state index contributed by atoms with van der Waals surface area (Å²) in [4.78, 5) is 11.8. The van der Waals surface area contributed by atoms with E-state index in [2.05, 4.69) is 5.32 Å². The zero-order chi connectivity index (χ0) is 12.1. The summed E-state index contributed by atoms with van der Waals surface area (Å²) < 4.78 is 0. The second kappa shape index (κ2) is 5.82. The molecule has 2 rings (SSSR count). The van der Waals surface area contributed by atoms with Gasteiger partial charge in [-0.3, -0.25) is 4.79 Å². The Morgan fingerprint density at radius 1 is 1.18 bits per heavy atom. The summed E-state index contributed by atoms with van der Waals surface area (Å²) in [5, 5.41) is 12.4. The molecule has 92 valence electrons. The predicted octanol–water partition coefficient (Wildman–Crippen LogP) is 1.65. The maximum Gasteiger partial charge on any atom is 0.224 e. The minimum absolute atomic E-state index is 0.0811. The molecule has 1 fully saturated rings. The van der Waals surface area contributed by atoms with E-state index < -0.39 is 0 Å². The number of benzene rings is 1. The molecule has 1 saturated carbocycles. The molecule has 1 aromatic carbocycles. The van der Waals surface area contributed by atoms with Crippen molar-refractivity contribution < 1.29 is 9.90 Å². The van der Waals surface area contributed by atoms with Gasteiger partial charge in [-0.25, -0.2) is 0 Å². The second-order valence-electron chi connectivity index (χ2n) is 4.74. The first-order valence-electron chi connectivity index (χ1n) is 6.25. The monoisotopic (exact) mass is 233 g/mol. The summed E-state index contributed by atoms with van der Waals surface area (Å²) >= 11 is 0. The van der Waals surface area contributed by atoms with E-state index in [0.717, 1.165) is 31.2 Å². The summed E-state index contributed by atoms with van der Waals surface area (Å²) in [6, 6.07) is 10.0. The number of aliphatic hydroxyl groups is 1. The minimum atomic E-state index is -0.169. The maximum atomic E-state index is 11.8. The van der Waals surface area contributed by atoms with Gasteiger partial charge in [-0.05, 0) is 31.2 Å². The molecule has 2 N–H and O–H groups in total. The fourth-order valence-electron chi connectivity index (χ4n) is 2.28. The number of nitrogens with one attached hydrogen (secondary N) is 1. The van der Waals surface area contributed by atoms with E-state index in [-0.39, 0.29) is 18.1 Å². The predicted molar refractivity (Wildman–Crippen MR) is 66.6 cm³/mol. The molecule has 1 aliphatic rings. The molecule has 1 aromatic rings. The number of carbonyl (C=O) groups excluding carboxylic acids is 1. The van der Waals surface area contributed by atoms with Gasteiger partial charge in [-0.2, -0.15) is 0 Å². The molecular weight excluding hydrogens is 214 g/mol. The molecule has 3 heteroatoms. The Kier molecular flexibility index (Phi) is 4.15. The molecule has 0 aliphatic heterocycles. The summed E-state index contributed by atoms with van der Waals surface area (Å²) in [5.41, 5.74) is 1.04. The van der Waals surface area contributed by atoms with Crippen LogP contribution in [0.1, 0.15) is 31.2 Å². The summed E-state index contributed by atoms with van der Waals surface area (Å²) in [5.74, 6) is 0.0811. The maximum absolute atomic E-state index is 11.8. The Hall–Kier alpha value is -1.35.